The number of nitrogens with one attached hydrogen (secondary N) is 3. The fraction of sp³-hybridized carbons (Fsp3) is 0.500. The quantitative estimate of drug-likeness (QED) is 0.593. The number of hydrogen-bond acceptors (Lipinski definition) is 7. The first-order chi connectivity index (χ1) is 14.2. The SMILES string of the molecule is Cc1cc(Nc2cn3ccnc3c(NC3CC4CC[C@@H](C3)N4CCC#N)n2)n[nH]1. The Morgan fingerprint density at radius 1 is 1.28 bits per heavy atom. The second-order valence-electron chi connectivity index (χ2n) is 8.04. The number of rotatable bonds is 6. The van der Waals surface area contributed by atoms with Gasteiger partial charge in [0.1, 0.15) is 0 Å². The monoisotopic (exact) mass is 391 g/mol. The van der Waals surface area contributed by atoms with Crippen LogP contribution in [0.25, 0.3) is 5.65 Å². The van der Waals surface area contributed by atoms with Gasteiger partial charge in [0.05, 0.1) is 12.3 Å². The Morgan fingerprint density at radius 2 is 2.10 bits per heavy atom. The van der Waals surface area contributed by atoms with Crippen LogP contribution in [0.2, 0.25) is 0 Å². The van der Waals surface area contributed by atoms with Crippen molar-refractivity contribution >= 4 is 23.1 Å². The van der Waals surface area contributed by atoms with Gasteiger partial charge in [0.15, 0.2) is 23.1 Å². The normalized spacial score (nSPS) is 23.9. The van der Waals surface area contributed by atoms with E-state index in [-0.39, 0.29) is 0 Å². The number of aromatic nitrogens is 5. The molecule has 0 aromatic carbocycles. The molecule has 5 rings (SSSR count). The molecular weight excluding hydrogens is 366 g/mol. The summed E-state index contributed by atoms with van der Waals surface area (Å²) in [6.45, 7) is 2.86. The molecule has 2 fully saturated rings. The molecule has 2 aliphatic rings. The summed E-state index contributed by atoms with van der Waals surface area (Å²) in [5, 5.41) is 23.0. The zero-order valence-electron chi connectivity index (χ0n) is 16.5. The van der Waals surface area contributed by atoms with Crippen LogP contribution >= 0.6 is 0 Å². The van der Waals surface area contributed by atoms with E-state index in [0.29, 0.717) is 24.5 Å². The Morgan fingerprint density at radius 3 is 2.83 bits per heavy atom. The van der Waals surface area contributed by atoms with Gasteiger partial charge in [-0.15, -0.1) is 0 Å². The van der Waals surface area contributed by atoms with Gasteiger partial charge in [-0.25, -0.2) is 9.97 Å². The summed E-state index contributed by atoms with van der Waals surface area (Å²) in [6, 6.07) is 5.71. The molecule has 0 radical (unpaired) electrons. The van der Waals surface area contributed by atoms with E-state index in [2.05, 4.69) is 36.8 Å². The summed E-state index contributed by atoms with van der Waals surface area (Å²) in [7, 11) is 0. The van der Waals surface area contributed by atoms with Gasteiger partial charge >= 0.3 is 0 Å². The molecule has 3 atom stereocenters. The molecule has 9 nitrogen and oxygen atoms in total. The number of nitrogens with zero attached hydrogens (tertiary/aromatic N) is 6. The van der Waals surface area contributed by atoms with Crippen molar-refractivity contribution in [2.45, 2.75) is 57.2 Å². The van der Waals surface area contributed by atoms with Gasteiger partial charge in [-0.2, -0.15) is 10.4 Å². The highest BCUT2D eigenvalue weighted by molar-refractivity contribution is 5.67. The second-order valence-corrected chi connectivity index (χ2v) is 8.04. The molecular formula is C20H25N9. The van der Waals surface area contributed by atoms with Crippen LogP contribution in [0.15, 0.2) is 24.7 Å². The maximum absolute atomic E-state index is 8.93. The number of nitriles is 1. The van der Waals surface area contributed by atoms with E-state index >= 15 is 0 Å². The van der Waals surface area contributed by atoms with Gasteiger partial charge in [-0.05, 0) is 32.6 Å². The lowest BCUT2D eigenvalue weighted by atomic mass is 9.97. The maximum atomic E-state index is 8.93. The predicted molar refractivity (Wildman–Crippen MR) is 110 cm³/mol. The van der Waals surface area contributed by atoms with Gasteiger partial charge < -0.3 is 15.0 Å². The first-order valence-corrected chi connectivity index (χ1v) is 10.2. The van der Waals surface area contributed by atoms with Crippen molar-refractivity contribution in [2.75, 3.05) is 17.2 Å². The number of aromatic amines is 1. The van der Waals surface area contributed by atoms with Crippen molar-refractivity contribution in [1.82, 2.24) is 29.5 Å². The van der Waals surface area contributed by atoms with Crippen molar-refractivity contribution in [3.63, 3.8) is 0 Å². The largest absolute Gasteiger partial charge is 0.364 e. The second kappa shape index (κ2) is 7.37. The number of anilines is 3. The summed E-state index contributed by atoms with van der Waals surface area (Å²) < 4.78 is 1.98. The van der Waals surface area contributed by atoms with Gasteiger partial charge in [-0.1, -0.05) is 0 Å². The lowest BCUT2D eigenvalue weighted by Crippen LogP contribution is -2.47. The summed E-state index contributed by atoms with van der Waals surface area (Å²) in [6.07, 6.45) is 10.9. The van der Waals surface area contributed by atoms with E-state index in [9.17, 15) is 0 Å². The van der Waals surface area contributed by atoms with Crippen LogP contribution in [0.3, 0.4) is 0 Å². The van der Waals surface area contributed by atoms with E-state index in [4.69, 9.17) is 10.2 Å². The van der Waals surface area contributed by atoms with Gasteiger partial charge in [0.25, 0.3) is 0 Å². The third kappa shape index (κ3) is 3.51. The molecule has 0 saturated carbocycles. The third-order valence-corrected chi connectivity index (χ3v) is 6.04. The lowest BCUT2D eigenvalue weighted by molar-refractivity contribution is 0.136. The Kier molecular flexibility index (Phi) is 4.56. The van der Waals surface area contributed by atoms with Crippen molar-refractivity contribution in [3.8, 4) is 6.07 Å². The van der Waals surface area contributed by atoms with Crippen LogP contribution in [-0.4, -0.2) is 54.1 Å². The molecule has 3 N–H and O–H groups in total. The molecule has 2 aliphatic heterocycles. The van der Waals surface area contributed by atoms with Crippen LogP contribution in [0.1, 0.15) is 37.8 Å². The molecule has 3 aromatic rings. The molecule has 5 heterocycles. The van der Waals surface area contributed by atoms with Crippen LogP contribution in [-0.2, 0) is 0 Å². The minimum Gasteiger partial charge on any atom is -0.364 e. The van der Waals surface area contributed by atoms with Gasteiger partial charge in [-0.3, -0.25) is 10.00 Å². The number of hydrogen-bond donors (Lipinski definition) is 3. The Balaban J connectivity index is 1.35. The van der Waals surface area contributed by atoms with Crippen LogP contribution < -0.4 is 10.6 Å². The van der Waals surface area contributed by atoms with E-state index in [0.717, 1.165) is 48.2 Å². The molecule has 0 amide bonds. The summed E-state index contributed by atoms with van der Waals surface area (Å²) in [5.74, 6) is 2.25. The van der Waals surface area contributed by atoms with Crippen LogP contribution in [0.4, 0.5) is 17.5 Å². The lowest BCUT2D eigenvalue weighted by Gasteiger charge is -2.39. The Bertz CT molecular complexity index is 1030. The number of fused-ring (bicyclic) bond motifs is 3. The van der Waals surface area contributed by atoms with E-state index < -0.39 is 0 Å². The van der Waals surface area contributed by atoms with Crippen LogP contribution in [0, 0.1) is 18.3 Å². The minimum atomic E-state index is 0.363. The topological polar surface area (TPSA) is 110 Å². The Labute approximate surface area is 169 Å². The maximum Gasteiger partial charge on any atom is 0.180 e. The molecule has 3 aromatic heterocycles. The average Bonchev–Trinajstić information content (AvgIpc) is 3.39. The standard InChI is InChI=1S/C20H25N9/c1-13-9-17(27-26-13)24-18-12-28-8-6-22-20(28)19(25-18)23-14-10-15-3-4-16(11-14)29(15)7-2-5-21/h6,8-9,12,14-16H,2-4,7,10-11H2,1H3,(H,23,25)(H2,24,26,27)/t14?,15-,16?/m0/s1. The molecule has 0 spiro atoms. The molecule has 29 heavy (non-hydrogen) atoms. The molecule has 150 valence electrons. The zero-order chi connectivity index (χ0) is 19.8. The zero-order valence-corrected chi connectivity index (χ0v) is 16.5. The Hall–Kier alpha value is -3.12. The highest BCUT2D eigenvalue weighted by Gasteiger charge is 2.40. The van der Waals surface area contributed by atoms with E-state index in [1.165, 1.54) is 12.8 Å². The first-order valence-electron chi connectivity index (χ1n) is 10.2. The van der Waals surface area contributed by atoms with Gasteiger partial charge in [0.2, 0.25) is 0 Å². The van der Waals surface area contributed by atoms with E-state index in [1.807, 2.05) is 29.8 Å². The highest BCUT2D eigenvalue weighted by atomic mass is 15.2. The van der Waals surface area contributed by atoms with Crippen molar-refractivity contribution in [1.29, 1.82) is 5.26 Å². The smallest absolute Gasteiger partial charge is 0.180 e. The highest BCUT2D eigenvalue weighted by Crippen LogP contribution is 2.37. The number of piperidine rings is 1. The fourth-order valence-corrected chi connectivity index (χ4v) is 4.83. The van der Waals surface area contributed by atoms with Crippen molar-refractivity contribution in [3.05, 3.63) is 30.4 Å². The fourth-order valence-electron chi connectivity index (χ4n) is 4.83. The first kappa shape index (κ1) is 17.9. The minimum absolute atomic E-state index is 0.363. The number of H-pyrrole nitrogens is 1. The summed E-state index contributed by atoms with van der Waals surface area (Å²) in [4.78, 5) is 11.8. The third-order valence-electron chi connectivity index (χ3n) is 6.04. The van der Waals surface area contributed by atoms with Crippen LogP contribution in [0.5, 0.6) is 0 Å². The van der Waals surface area contributed by atoms with Crippen molar-refractivity contribution < 1.29 is 0 Å². The summed E-state index contributed by atoms with van der Waals surface area (Å²) >= 11 is 0. The molecule has 2 bridgehead atoms. The van der Waals surface area contributed by atoms with Crippen molar-refractivity contribution in [2.24, 2.45) is 0 Å². The number of aryl methyl sites for hydroxylation is 1. The molecule has 9 heteroatoms. The predicted octanol–water partition coefficient (Wildman–Crippen LogP) is 2.83. The molecule has 2 unspecified atom stereocenters. The van der Waals surface area contributed by atoms with E-state index in [1.54, 1.807) is 6.20 Å². The number of imidazole rings is 1. The molecule has 2 saturated heterocycles. The molecule has 0 aliphatic carbocycles. The summed E-state index contributed by atoms with van der Waals surface area (Å²) in [5.41, 5.74) is 1.82. The average molecular weight is 391 g/mol. The van der Waals surface area contributed by atoms with Gasteiger partial charge in [0, 0.05) is 55.2 Å².